The van der Waals surface area contributed by atoms with Gasteiger partial charge in [-0.2, -0.15) is 0 Å². The average molecular weight is 416 g/mol. The maximum Gasteiger partial charge on any atom is 0.303 e. The predicted molar refractivity (Wildman–Crippen MR) is 111 cm³/mol. The third kappa shape index (κ3) is 6.42. The second-order valence-electron chi connectivity index (χ2n) is 7.84. The zero-order valence-corrected chi connectivity index (χ0v) is 17.1. The summed E-state index contributed by atoms with van der Waals surface area (Å²) < 4.78 is 19.2. The second-order valence-corrected chi connectivity index (χ2v) is 7.84. The largest absolute Gasteiger partial charge is 0.481 e. The number of carboxylic acid groups (broad SMARTS) is 1. The average Bonchev–Trinajstić information content (AvgIpc) is 3.10. The van der Waals surface area contributed by atoms with E-state index in [4.69, 9.17) is 4.42 Å². The van der Waals surface area contributed by atoms with Crippen molar-refractivity contribution in [2.75, 3.05) is 19.6 Å². The van der Waals surface area contributed by atoms with E-state index in [1.165, 1.54) is 31.0 Å². The lowest BCUT2D eigenvalue weighted by Gasteiger charge is -2.29. The number of hydrogen-bond donors (Lipinski definition) is 2. The summed E-state index contributed by atoms with van der Waals surface area (Å²) in [7, 11) is 0. The molecule has 2 atom stereocenters. The van der Waals surface area contributed by atoms with Gasteiger partial charge in [-0.25, -0.2) is 4.39 Å². The van der Waals surface area contributed by atoms with E-state index in [2.05, 4.69) is 10.2 Å². The molecule has 1 amide bonds. The Morgan fingerprint density at radius 3 is 2.50 bits per heavy atom. The minimum absolute atomic E-state index is 0.0133. The number of carboxylic acids is 1. The van der Waals surface area contributed by atoms with Gasteiger partial charge in [0.15, 0.2) is 0 Å². The Morgan fingerprint density at radius 1 is 1.10 bits per heavy atom. The fourth-order valence-corrected chi connectivity index (χ4v) is 4.08. The van der Waals surface area contributed by atoms with Gasteiger partial charge in [0.1, 0.15) is 11.6 Å². The summed E-state index contributed by atoms with van der Waals surface area (Å²) in [6.45, 7) is 2.29. The number of benzene rings is 1. The van der Waals surface area contributed by atoms with Crippen molar-refractivity contribution in [2.24, 2.45) is 0 Å². The first-order chi connectivity index (χ1) is 14.5. The molecule has 2 unspecified atom stereocenters. The number of carbonyl (C=O) groups is 2. The molecule has 1 aliphatic heterocycles. The third-order valence-corrected chi connectivity index (χ3v) is 5.62. The van der Waals surface area contributed by atoms with Gasteiger partial charge in [0.2, 0.25) is 5.91 Å². The molecule has 1 aromatic heterocycles. The van der Waals surface area contributed by atoms with Crippen molar-refractivity contribution in [1.82, 2.24) is 10.2 Å². The number of nitrogens with one attached hydrogen (secondary N) is 1. The summed E-state index contributed by atoms with van der Waals surface area (Å²) in [4.78, 5) is 26.3. The van der Waals surface area contributed by atoms with Crippen molar-refractivity contribution < 1.29 is 23.5 Å². The molecule has 1 aliphatic rings. The summed E-state index contributed by atoms with van der Waals surface area (Å²) >= 11 is 0. The second kappa shape index (κ2) is 10.9. The first-order valence-corrected chi connectivity index (χ1v) is 10.5. The maximum absolute atomic E-state index is 13.6. The van der Waals surface area contributed by atoms with Crippen molar-refractivity contribution in [1.29, 1.82) is 0 Å². The predicted octanol–water partition coefficient (Wildman–Crippen LogP) is 4.10. The Hall–Kier alpha value is -2.67. The smallest absolute Gasteiger partial charge is 0.303 e. The zero-order chi connectivity index (χ0) is 21.3. The van der Waals surface area contributed by atoms with E-state index in [0.29, 0.717) is 12.1 Å². The maximum atomic E-state index is 13.6. The van der Waals surface area contributed by atoms with Crippen molar-refractivity contribution in [3.63, 3.8) is 0 Å². The molecule has 6 nitrogen and oxygen atoms in total. The molecule has 3 rings (SSSR count). The molecule has 30 heavy (non-hydrogen) atoms. The number of furan rings is 1. The number of rotatable bonds is 9. The first-order valence-electron chi connectivity index (χ1n) is 10.5. The standard InChI is InChI=1S/C23H29FN2O4/c24-19-8-5-7-17(13-19)18(15-23(28)29)14-22(27)25-16-20(21-9-6-12-30-21)26-10-3-1-2-4-11-26/h5-9,12-13,18,20H,1-4,10-11,14-16H2,(H,25,27)(H,28,29). The van der Waals surface area contributed by atoms with Gasteiger partial charge in [-0.1, -0.05) is 25.0 Å². The van der Waals surface area contributed by atoms with Crippen LogP contribution in [0.5, 0.6) is 0 Å². The molecule has 2 heterocycles. The molecule has 162 valence electrons. The van der Waals surface area contributed by atoms with E-state index in [-0.39, 0.29) is 24.8 Å². The fourth-order valence-electron chi connectivity index (χ4n) is 4.08. The zero-order valence-electron chi connectivity index (χ0n) is 17.1. The summed E-state index contributed by atoms with van der Waals surface area (Å²) in [5.74, 6) is -1.49. The van der Waals surface area contributed by atoms with Gasteiger partial charge in [-0.15, -0.1) is 0 Å². The van der Waals surface area contributed by atoms with E-state index in [9.17, 15) is 19.1 Å². The number of aliphatic carboxylic acids is 1. The monoisotopic (exact) mass is 416 g/mol. The highest BCUT2D eigenvalue weighted by Gasteiger charge is 2.25. The van der Waals surface area contributed by atoms with E-state index in [1.807, 2.05) is 12.1 Å². The Kier molecular flexibility index (Phi) is 8.02. The summed E-state index contributed by atoms with van der Waals surface area (Å²) in [5, 5.41) is 12.2. The van der Waals surface area contributed by atoms with Crippen LogP contribution in [0.2, 0.25) is 0 Å². The van der Waals surface area contributed by atoms with Gasteiger partial charge in [0.25, 0.3) is 0 Å². The van der Waals surface area contributed by atoms with Crippen LogP contribution in [-0.4, -0.2) is 41.5 Å². The molecule has 0 saturated carbocycles. The Bertz CT molecular complexity index is 816. The van der Waals surface area contributed by atoms with Gasteiger partial charge in [0, 0.05) is 18.9 Å². The van der Waals surface area contributed by atoms with Crippen LogP contribution in [0.15, 0.2) is 47.1 Å². The normalized spacial score (nSPS) is 17.1. The first kappa shape index (κ1) is 22.0. The van der Waals surface area contributed by atoms with Gasteiger partial charge in [-0.3, -0.25) is 14.5 Å². The molecular weight excluding hydrogens is 387 g/mol. The minimum atomic E-state index is -1.02. The number of hydrogen-bond acceptors (Lipinski definition) is 4. The molecule has 2 N–H and O–H groups in total. The molecule has 7 heteroatoms. The van der Waals surface area contributed by atoms with Gasteiger partial charge in [0.05, 0.1) is 18.7 Å². The van der Waals surface area contributed by atoms with Gasteiger partial charge >= 0.3 is 5.97 Å². The molecule has 1 saturated heterocycles. The molecule has 1 fully saturated rings. The Balaban J connectivity index is 1.65. The molecule has 1 aromatic carbocycles. The van der Waals surface area contributed by atoms with E-state index < -0.39 is 17.7 Å². The Morgan fingerprint density at radius 2 is 1.87 bits per heavy atom. The van der Waals surface area contributed by atoms with Crippen molar-refractivity contribution in [3.8, 4) is 0 Å². The number of halogens is 1. The summed E-state index contributed by atoms with van der Waals surface area (Å²) in [5.41, 5.74) is 0.516. The molecule has 0 radical (unpaired) electrons. The fraction of sp³-hybridized carbons (Fsp3) is 0.478. The SMILES string of the molecule is O=C(O)CC(CC(=O)NCC(c1ccco1)N1CCCCCC1)c1cccc(F)c1. The molecular formula is C23H29FN2O4. The number of carbonyl (C=O) groups excluding carboxylic acids is 1. The van der Waals surface area contributed by atoms with Crippen LogP contribution in [0.1, 0.15) is 61.8 Å². The van der Waals surface area contributed by atoms with Crippen LogP contribution in [0, 0.1) is 5.82 Å². The molecule has 0 aliphatic carbocycles. The molecule has 0 spiro atoms. The third-order valence-electron chi connectivity index (χ3n) is 5.62. The van der Waals surface area contributed by atoms with Gasteiger partial charge < -0.3 is 14.8 Å². The van der Waals surface area contributed by atoms with E-state index in [1.54, 1.807) is 12.3 Å². The molecule has 0 bridgehead atoms. The van der Waals surface area contributed by atoms with Crippen LogP contribution in [-0.2, 0) is 9.59 Å². The Labute approximate surface area is 176 Å². The number of likely N-dealkylation sites (tertiary alicyclic amines) is 1. The quantitative estimate of drug-likeness (QED) is 0.643. The lowest BCUT2D eigenvalue weighted by molar-refractivity contribution is -0.137. The number of amides is 1. The highest BCUT2D eigenvalue weighted by atomic mass is 19.1. The van der Waals surface area contributed by atoms with Crippen LogP contribution in [0.25, 0.3) is 0 Å². The van der Waals surface area contributed by atoms with Crippen LogP contribution in [0.4, 0.5) is 4.39 Å². The van der Waals surface area contributed by atoms with Crippen molar-refractivity contribution >= 4 is 11.9 Å². The summed E-state index contributed by atoms with van der Waals surface area (Å²) in [6.07, 6.45) is 6.04. The minimum Gasteiger partial charge on any atom is -0.481 e. The number of nitrogens with zero attached hydrogens (tertiary/aromatic N) is 1. The van der Waals surface area contributed by atoms with Gasteiger partial charge in [-0.05, 0) is 55.8 Å². The highest BCUT2D eigenvalue weighted by Crippen LogP contribution is 2.26. The van der Waals surface area contributed by atoms with E-state index in [0.717, 1.165) is 31.7 Å². The lowest BCUT2D eigenvalue weighted by atomic mass is 9.92. The van der Waals surface area contributed by atoms with E-state index >= 15 is 0 Å². The highest BCUT2D eigenvalue weighted by molar-refractivity contribution is 5.78. The summed E-state index contributed by atoms with van der Waals surface area (Å²) in [6, 6.07) is 9.49. The van der Waals surface area contributed by atoms with Crippen LogP contribution in [0.3, 0.4) is 0 Å². The van der Waals surface area contributed by atoms with Crippen molar-refractivity contribution in [3.05, 3.63) is 59.8 Å². The lowest BCUT2D eigenvalue weighted by Crippen LogP contribution is -2.39. The van der Waals surface area contributed by atoms with Crippen molar-refractivity contribution in [2.45, 2.75) is 50.5 Å². The van der Waals surface area contributed by atoms with Crippen LogP contribution >= 0.6 is 0 Å². The topological polar surface area (TPSA) is 82.8 Å². The molecule has 2 aromatic rings. The van der Waals surface area contributed by atoms with Crippen LogP contribution < -0.4 is 5.32 Å².